The Hall–Kier alpha value is -9.92. The van der Waals surface area contributed by atoms with Crippen molar-refractivity contribution >= 4 is 0 Å². The summed E-state index contributed by atoms with van der Waals surface area (Å²) in [5.74, 6) is 3.60. The molecule has 0 saturated carbocycles. The van der Waals surface area contributed by atoms with Gasteiger partial charge in [0.25, 0.3) is 0 Å². The highest BCUT2D eigenvalue weighted by Crippen LogP contribution is 2.42. The van der Waals surface area contributed by atoms with E-state index in [1.165, 1.54) is 22.3 Å². The highest BCUT2D eigenvalue weighted by Gasteiger charge is 2.18. The highest BCUT2D eigenvalue weighted by atomic mass is 15.0. The summed E-state index contributed by atoms with van der Waals surface area (Å²) in [6.45, 7) is 4.32. The first-order valence-corrected chi connectivity index (χ1v) is 24.6. The number of rotatable bonds is 11. The maximum absolute atomic E-state index is 4.93. The Morgan fingerprint density at radius 2 is 0.527 bits per heavy atom. The number of pyridine rings is 2. The topological polar surface area (TPSA) is 103 Å². The third-order valence-corrected chi connectivity index (χ3v) is 13.0. The van der Waals surface area contributed by atoms with E-state index < -0.39 is 0 Å². The number of hydrogen-bond acceptors (Lipinski definition) is 8. The van der Waals surface area contributed by atoms with E-state index in [1.54, 1.807) is 0 Å². The Morgan fingerprint density at radius 3 is 0.838 bits per heavy atom. The third-order valence-electron chi connectivity index (χ3n) is 13.0. The number of benzene rings is 8. The van der Waals surface area contributed by atoms with Crippen molar-refractivity contribution < 1.29 is 0 Å². The summed E-state index contributed by atoms with van der Waals surface area (Å²) in [5, 5.41) is 0. The molecule has 0 aliphatic carbocycles. The Morgan fingerprint density at radius 1 is 0.230 bits per heavy atom. The molecule has 0 amide bonds. The van der Waals surface area contributed by atoms with Gasteiger partial charge in [0.2, 0.25) is 0 Å². The lowest BCUT2D eigenvalue weighted by Gasteiger charge is -2.18. The molecule has 0 radical (unpaired) electrons. The van der Waals surface area contributed by atoms with Gasteiger partial charge in [-0.25, -0.2) is 29.9 Å². The van der Waals surface area contributed by atoms with Crippen LogP contribution in [0.25, 0.3) is 124 Å². The maximum atomic E-state index is 4.93. The van der Waals surface area contributed by atoms with Gasteiger partial charge in [0.1, 0.15) is 0 Å². The minimum Gasteiger partial charge on any atom is -0.255 e. The molecular weight excluding hydrogens is 905 g/mol. The first-order valence-electron chi connectivity index (χ1n) is 24.6. The van der Waals surface area contributed by atoms with Crippen LogP contribution in [0.15, 0.2) is 243 Å². The zero-order valence-corrected chi connectivity index (χ0v) is 40.7. The number of aryl methyl sites for hydroxylation is 2. The van der Waals surface area contributed by atoms with Crippen molar-refractivity contribution in [1.29, 1.82) is 0 Å². The van der Waals surface area contributed by atoms with Crippen molar-refractivity contribution in [2.45, 2.75) is 13.8 Å². The largest absolute Gasteiger partial charge is 0.255 e. The van der Waals surface area contributed by atoms with Crippen LogP contribution in [0, 0.1) is 13.8 Å². The normalized spacial score (nSPS) is 11.1. The molecule has 0 atom stereocenters. The Labute approximate surface area is 430 Å². The van der Waals surface area contributed by atoms with Gasteiger partial charge in [0.05, 0.1) is 11.4 Å². The van der Waals surface area contributed by atoms with Gasteiger partial charge < -0.3 is 0 Å². The molecule has 8 aromatic carbocycles. The lowest BCUT2D eigenvalue weighted by Crippen LogP contribution is -2.00. The average molecular weight is 951 g/mol. The van der Waals surface area contributed by atoms with Crippen molar-refractivity contribution in [3.63, 3.8) is 0 Å². The van der Waals surface area contributed by atoms with Gasteiger partial charge in [-0.05, 0) is 71.5 Å². The zero-order valence-electron chi connectivity index (χ0n) is 40.7. The van der Waals surface area contributed by atoms with Gasteiger partial charge in [-0.1, -0.05) is 217 Å². The van der Waals surface area contributed by atoms with E-state index >= 15 is 0 Å². The second-order valence-electron chi connectivity index (χ2n) is 18.2. The molecule has 4 aromatic heterocycles. The second-order valence-corrected chi connectivity index (χ2v) is 18.2. The first kappa shape index (κ1) is 45.2. The molecule has 0 spiro atoms. The molecule has 350 valence electrons. The average Bonchev–Trinajstić information content (AvgIpc) is 3.47. The maximum Gasteiger partial charge on any atom is 0.165 e. The van der Waals surface area contributed by atoms with E-state index in [4.69, 9.17) is 39.9 Å². The molecule has 12 rings (SSSR count). The predicted molar refractivity (Wildman–Crippen MR) is 298 cm³/mol. The van der Waals surface area contributed by atoms with E-state index in [1.807, 2.05) is 158 Å². The summed E-state index contributed by atoms with van der Waals surface area (Å²) in [6.07, 6.45) is 3.70. The molecule has 74 heavy (non-hydrogen) atoms. The molecule has 12 aromatic rings. The van der Waals surface area contributed by atoms with E-state index in [0.717, 1.165) is 78.1 Å². The minimum absolute atomic E-state index is 0.569. The predicted octanol–water partition coefficient (Wildman–Crippen LogP) is 15.8. The van der Waals surface area contributed by atoms with Crippen LogP contribution in [-0.4, -0.2) is 39.9 Å². The Bertz CT molecular complexity index is 3540. The van der Waals surface area contributed by atoms with Crippen LogP contribution < -0.4 is 0 Å². The van der Waals surface area contributed by atoms with Gasteiger partial charge in [-0.3, -0.25) is 9.97 Å². The number of hydrogen-bond donors (Lipinski definition) is 0. The third kappa shape index (κ3) is 9.51. The van der Waals surface area contributed by atoms with Crippen LogP contribution in [-0.2, 0) is 0 Å². The summed E-state index contributed by atoms with van der Waals surface area (Å²) in [6, 6.07) is 78.9. The van der Waals surface area contributed by atoms with Gasteiger partial charge in [0, 0.05) is 56.9 Å². The molecule has 0 unspecified atom stereocenters. The smallest absolute Gasteiger partial charge is 0.165 e. The zero-order chi connectivity index (χ0) is 49.8. The molecular formula is C66H46N8. The quantitative estimate of drug-likeness (QED) is 0.126. The van der Waals surface area contributed by atoms with Crippen molar-refractivity contribution in [3.05, 3.63) is 254 Å². The Kier molecular flexibility index (Phi) is 12.3. The van der Waals surface area contributed by atoms with Crippen LogP contribution in [0.3, 0.4) is 0 Å². The van der Waals surface area contributed by atoms with Gasteiger partial charge in [-0.2, -0.15) is 0 Å². The second kappa shape index (κ2) is 20.1. The molecule has 0 fully saturated rings. The van der Waals surface area contributed by atoms with Gasteiger partial charge in [0.15, 0.2) is 34.9 Å². The monoisotopic (exact) mass is 950 g/mol. The van der Waals surface area contributed by atoms with Crippen LogP contribution >= 0.6 is 0 Å². The molecule has 0 saturated heterocycles. The van der Waals surface area contributed by atoms with E-state index in [9.17, 15) is 0 Å². The number of nitrogens with zero attached hydrogens (tertiary/aromatic N) is 8. The fourth-order valence-corrected chi connectivity index (χ4v) is 9.37. The van der Waals surface area contributed by atoms with Crippen LogP contribution in [0.2, 0.25) is 0 Å². The summed E-state index contributed by atoms with van der Waals surface area (Å²) in [4.78, 5) is 39.2. The molecule has 4 heterocycles. The van der Waals surface area contributed by atoms with Crippen molar-refractivity contribution in [1.82, 2.24) is 39.9 Å². The van der Waals surface area contributed by atoms with Crippen molar-refractivity contribution in [2.24, 2.45) is 0 Å². The van der Waals surface area contributed by atoms with E-state index in [2.05, 4.69) is 98.8 Å². The standard InChI is InChI=1S/C66H46N8/c1-43-38-44(2)40-55(39-43)60-56(45-26-30-47(31-27-45)58-36-34-53(41-67-58)65-71-61(49-16-7-3-8-17-49)69-62(72-65)50-18-9-4-10-19-50)24-15-25-57(60)46-28-32-48(33-29-46)59-37-35-54(42-68-59)66-73-63(51-20-11-5-12-21-51)70-64(74-66)52-22-13-6-14-23-52/h3-42H,1-2H3. The van der Waals surface area contributed by atoms with Crippen LogP contribution in [0.1, 0.15) is 11.1 Å². The van der Waals surface area contributed by atoms with Gasteiger partial charge >= 0.3 is 0 Å². The summed E-state index contributed by atoms with van der Waals surface area (Å²) in [5.41, 5.74) is 18.3. The van der Waals surface area contributed by atoms with Crippen LogP contribution in [0.4, 0.5) is 0 Å². The number of aromatic nitrogens is 8. The van der Waals surface area contributed by atoms with E-state index in [0.29, 0.717) is 34.9 Å². The van der Waals surface area contributed by atoms with E-state index in [-0.39, 0.29) is 0 Å². The Balaban J connectivity index is 0.837. The molecule has 0 aliphatic heterocycles. The lowest BCUT2D eigenvalue weighted by atomic mass is 9.86. The molecule has 0 aliphatic rings. The highest BCUT2D eigenvalue weighted by molar-refractivity contribution is 5.95. The van der Waals surface area contributed by atoms with Crippen molar-refractivity contribution in [2.75, 3.05) is 0 Å². The lowest BCUT2D eigenvalue weighted by molar-refractivity contribution is 1.07. The molecule has 0 bridgehead atoms. The minimum atomic E-state index is 0.569. The molecule has 8 heteroatoms. The fourth-order valence-electron chi connectivity index (χ4n) is 9.37. The summed E-state index contributed by atoms with van der Waals surface area (Å²) >= 11 is 0. The van der Waals surface area contributed by atoms with Crippen molar-refractivity contribution in [3.8, 4) is 124 Å². The van der Waals surface area contributed by atoms with Crippen LogP contribution in [0.5, 0.6) is 0 Å². The first-order chi connectivity index (χ1) is 36.5. The fraction of sp³-hybridized carbons (Fsp3) is 0.0303. The molecule has 0 N–H and O–H groups in total. The summed E-state index contributed by atoms with van der Waals surface area (Å²) < 4.78 is 0. The summed E-state index contributed by atoms with van der Waals surface area (Å²) in [7, 11) is 0. The molecule has 8 nitrogen and oxygen atoms in total. The van der Waals surface area contributed by atoms with Gasteiger partial charge in [-0.15, -0.1) is 0 Å². The SMILES string of the molecule is Cc1cc(C)cc(-c2c(-c3ccc(-c4ccc(-c5nc(-c6ccccc6)nc(-c6ccccc6)n5)cn4)cc3)cccc2-c2ccc(-c3ccc(-c4nc(-c5ccccc5)nc(-c5ccccc5)n4)cn3)cc2)c1.